The molecular weight excluding hydrogens is 238 g/mol. The summed E-state index contributed by atoms with van der Waals surface area (Å²) >= 11 is 0. The van der Waals surface area contributed by atoms with Gasteiger partial charge in [-0.2, -0.15) is 0 Å². The van der Waals surface area contributed by atoms with E-state index in [1.165, 1.54) is 11.1 Å². The van der Waals surface area contributed by atoms with Gasteiger partial charge in [0.25, 0.3) is 0 Å². The Balaban J connectivity index is 2.46. The number of benzene rings is 1. The van der Waals surface area contributed by atoms with Gasteiger partial charge in [0.05, 0.1) is 6.61 Å². The molecule has 1 aromatic carbocycles. The van der Waals surface area contributed by atoms with Gasteiger partial charge in [0, 0.05) is 19.7 Å². The van der Waals surface area contributed by atoms with Crippen molar-refractivity contribution in [2.24, 2.45) is 0 Å². The minimum atomic E-state index is 0.357. The van der Waals surface area contributed by atoms with E-state index in [0.717, 1.165) is 18.9 Å². The highest BCUT2D eigenvalue weighted by Crippen LogP contribution is 2.27. The van der Waals surface area contributed by atoms with E-state index in [1.807, 2.05) is 0 Å². The number of ether oxygens (including phenoxy) is 2. The van der Waals surface area contributed by atoms with Crippen LogP contribution in [0.5, 0.6) is 5.75 Å². The standard InChI is InChI=1S/C16H27NO2/c1-12(2)15-7-6-13(3)10-16(15)19-9-8-17-14(4)11-18-5/h6-7,10,12,14,17H,8-9,11H2,1-5H3. The maximum Gasteiger partial charge on any atom is 0.123 e. The molecule has 3 heteroatoms. The third-order valence-electron chi connectivity index (χ3n) is 3.06. The number of hydrogen-bond donors (Lipinski definition) is 1. The van der Waals surface area contributed by atoms with Crippen LogP contribution in [0.25, 0.3) is 0 Å². The molecule has 0 amide bonds. The average molecular weight is 265 g/mol. The van der Waals surface area contributed by atoms with E-state index >= 15 is 0 Å². The molecule has 0 aliphatic rings. The molecule has 0 radical (unpaired) electrons. The molecule has 108 valence electrons. The fraction of sp³-hybridized carbons (Fsp3) is 0.625. The molecule has 0 aromatic heterocycles. The predicted molar refractivity (Wildman–Crippen MR) is 80.1 cm³/mol. The topological polar surface area (TPSA) is 30.5 Å². The van der Waals surface area contributed by atoms with Crippen molar-refractivity contribution in [2.75, 3.05) is 26.9 Å². The number of hydrogen-bond acceptors (Lipinski definition) is 3. The van der Waals surface area contributed by atoms with Crippen molar-refractivity contribution in [1.29, 1.82) is 0 Å². The minimum absolute atomic E-state index is 0.357. The first kappa shape index (κ1) is 16.0. The Morgan fingerprint density at radius 1 is 1.21 bits per heavy atom. The van der Waals surface area contributed by atoms with Gasteiger partial charge >= 0.3 is 0 Å². The molecule has 0 aliphatic heterocycles. The van der Waals surface area contributed by atoms with Gasteiger partial charge in [0.2, 0.25) is 0 Å². The van der Waals surface area contributed by atoms with Gasteiger partial charge in [-0.1, -0.05) is 26.0 Å². The van der Waals surface area contributed by atoms with Gasteiger partial charge in [-0.15, -0.1) is 0 Å². The number of rotatable bonds is 8. The van der Waals surface area contributed by atoms with Crippen LogP contribution in [0.1, 0.15) is 37.8 Å². The molecule has 19 heavy (non-hydrogen) atoms. The highest BCUT2D eigenvalue weighted by molar-refractivity contribution is 5.39. The summed E-state index contributed by atoms with van der Waals surface area (Å²) in [6.45, 7) is 10.8. The largest absolute Gasteiger partial charge is 0.492 e. The summed E-state index contributed by atoms with van der Waals surface area (Å²) in [5, 5.41) is 3.37. The van der Waals surface area contributed by atoms with Gasteiger partial charge in [-0.3, -0.25) is 0 Å². The maximum atomic E-state index is 5.90. The fourth-order valence-electron chi connectivity index (χ4n) is 2.02. The first-order valence-corrected chi connectivity index (χ1v) is 7.00. The van der Waals surface area contributed by atoms with Crippen LogP contribution >= 0.6 is 0 Å². The third-order valence-corrected chi connectivity index (χ3v) is 3.06. The summed E-state index contributed by atoms with van der Waals surface area (Å²) in [6.07, 6.45) is 0. The number of nitrogens with one attached hydrogen (secondary N) is 1. The molecule has 1 rings (SSSR count). The van der Waals surface area contributed by atoms with Gasteiger partial charge in [-0.05, 0) is 37.0 Å². The van der Waals surface area contributed by atoms with Crippen LogP contribution in [0.2, 0.25) is 0 Å². The Morgan fingerprint density at radius 3 is 2.58 bits per heavy atom. The van der Waals surface area contributed by atoms with Crippen LogP contribution in [0.3, 0.4) is 0 Å². The van der Waals surface area contributed by atoms with Crippen molar-refractivity contribution in [3.8, 4) is 5.75 Å². The van der Waals surface area contributed by atoms with E-state index in [0.29, 0.717) is 18.6 Å². The quantitative estimate of drug-likeness (QED) is 0.733. The molecule has 0 aliphatic carbocycles. The Kier molecular flexibility index (Phi) is 6.89. The van der Waals surface area contributed by atoms with Gasteiger partial charge in [0.15, 0.2) is 0 Å². The van der Waals surface area contributed by atoms with Crippen molar-refractivity contribution in [1.82, 2.24) is 5.32 Å². The molecule has 0 saturated carbocycles. The van der Waals surface area contributed by atoms with E-state index in [9.17, 15) is 0 Å². The summed E-state index contributed by atoms with van der Waals surface area (Å²) in [5.41, 5.74) is 2.51. The maximum absolute atomic E-state index is 5.90. The molecule has 1 N–H and O–H groups in total. The normalized spacial score (nSPS) is 12.7. The third kappa shape index (κ3) is 5.62. The lowest BCUT2D eigenvalue weighted by Crippen LogP contribution is -2.33. The van der Waals surface area contributed by atoms with Crippen molar-refractivity contribution >= 4 is 0 Å². The predicted octanol–water partition coefficient (Wildman–Crippen LogP) is 3.12. The molecule has 1 atom stereocenters. The fourth-order valence-corrected chi connectivity index (χ4v) is 2.02. The van der Waals surface area contributed by atoms with E-state index in [2.05, 4.69) is 51.2 Å². The van der Waals surface area contributed by atoms with Crippen LogP contribution < -0.4 is 10.1 Å². The smallest absolute Gasteiger partial charge is 0.123 e. The first-order chi connectivity index (χ1) is 9.04. The van der Waals surface area contributed by atoms with Crippen LogP contribution in [0.15, 0.2) is 18.2 Å². The van der Waals surface area contributed by atoms with Gasteiger partial charge in [-0.25, -0.2) is 0 Å². The lowest BCUT2D eigenvalue weighted by molar-refractivity contribution is 0.169. The molecule has 0 fully saturated rings. The second-order valence-corrected chi connectivity index (χ2v) is 5.35. The number of aryl methyl sites for hydroxylation is 1. The SMILES string of the molecule is COCC(C)NCCOc1cc(C)ccc1C(C)C. The minimum Gasteiger partial charge on any atom is -0.492 e. The molecule has 1 unspecified atom stereocenters. The van der Waals surface area contributed by atoms with Crippen molar-refractivity contribution in [2.45, 2.75) is 39.7 Å². The Bertz CT molecular complexity index is 377. The molecule has 3 nitrogen and oxygen atoms in total. The van der Waals surface area contributed by atoms with Crippen molar-refractivity contribution in [3.05, 3.63) is 29.3 Å². The van der Waals surface area contributed by atoms with E-state index in [1.54, 1.807) is 7.11 Å². The zero-order valence-corrected chi connectivity index (χ0v) is 12.8. The molecule has 0 spiro atoms. The summed E-state index contributed by atoms with van der Waals surface area (Å²) in [4.78, 5) is 0. The summed E-state index contributed by atoms with van der Waals surface area (Å²) in [6, 6.07) is 6.78. The average Bonchev–Trinajstić information content (AvgIpc) is 2.34. The molecule has 0 heterocycles. The Hall–Kier alpha value is -1.06. The second kappa shape index (κ2) is 8.18. The second-order valence-electron chi connectivity index (χ2n) is 5.35. The molecule has 1 aromatic rings. The summed E-state index contributed by atoms with van der Waals surface area (Å²) in [5.74, 6) is 1.49. The van der Waals surface area contributed by atoms with E-state index in [4.69, 9.17) is 9.47 Å². The molecule has 0 saturated heterocycles. The lowest BCUT2D eigenvalue weighted by Gasteiger charge is -2.16. The lowest BCUT2D eigenvalue weighted by atomic mass is 10.0. The first-order valence-electron chi connectivity index (χ1n) is 7.00. The highest BCUT2D eigenvalue weighted by atomic mass is 16.5. The van der Waals surface area contributed by atoms with Crippen molar-refractivity contribution in [3.63, 3.8) is 0 Å². The van der Waals surface area contributed by atoms with E-state index < -0.39 is 0 Å². The Morgan fingerprint density at radius 2 is 1.95 bits per heavy atom. The van der Waals surface area contributed by atoms with Gasteiger partial charge in [0.1, 0.15) is 12.4 Å². The van der Waals surface area contributed by atoms with Gasteiger partial charge < -0.3 is 14.8 Å². The van der Waals surface area contributed by atoms with Crippen LogP contribution in [0, 0.1) is 6.92 Å². The monoisotopic (exact) mass is 265 g/mol. The molecular formula is C16H27NO2. The zero-order chi connectivity index (χ0) is 14.3. The molecule has 0 bridgehead atoms. The van der Waals surface area contributed by atoms with Crippen LogP contribution in [-0.4, -0.2) is 32.9 Å². The van der Waals surface area contributed by atoms with Crippen LogP contribution in [-0.2, 0) is 4.74 Å². The van der Waals surface area contributed by atoms with Crippen molar-refractivity contribution < 1.29 is 9.47 Å². The zero-order valence-electron chi connectivity index (χ0n) is 12.8. The Labute approximate surface area is 117 Å². The highest BCUT2D eigenvalue weighted by Gasteiger charge is 2.08. The summed E-state index contributed by atoms with van der Waals surface area (Å²) in [7, 11) is 1.72. The summed E-state index contributed by atoms with van der Waals surface area (Å²) < 4.78 is 11.0. The van der Waals surface area contributed by atoms with Crippen LogP contribution in [0.4, 0.5) is 0 Å². The van der Waals surface area contributed by atoms with E-state index in [-0.39, 0.29) is 0 Å². The number of methoxy groups -OCH3 is 1.